The number of nitrogens with zero attached hydrogens (tertiary/aromatic N) is 6. The highest BCUT2D eigenvalue weighted by Gasteiger charge is 2.27. The molecule has 7 nitrogen and oxygen atoms in total. The highest BCUT2D eigenvalue weighted by Crippen LogP contribution is 2.26. The molecule has 0 bridgehead atoms. The van der Waals surface area contributed by atoms with E-state index in [9.17, 15) is 4.79 Å². The molecule has 3 aromatic rings. The average molecular weight is 366 g/mol. The number of piperidine rings is 1. The summed E-state index contributed by atoms with van der Waals surface area (Å²) in [6.45, 7) is 5.55. The molecule has 1 atom stereocenters. The third kappa shape index (κ3) is 3.47. The number of pyridine rings is 1. The highest BCUT2D eigenvalue weighted by atomic mass is 16.2. The lowest BCUT2D eigenvalue weighted by molar-refractivity contribution is 0.191. The molecule has 1 aliphatic rings. The molecular formula is C20H26N6O. The highest BCUT2D eigenvalue weighted by molar-refractivity contribution is 5.32. The summed E-state index contributed by atoms with van der Waals surface area (Å²) >= 11 is 0. The first-order chi connectivity index (χ1) is 13.2. The van der Waals surface area contributed by atoms with Crippen LogP contribution >= 0.6 is 0 Å². The summed E-state index contributed by atoms with van der Waals surface area (Å²) in [6, 6.07) is 8.28. The maximum absolute atomic E-state index is 12.2. The molecule has 0 aromatic carbocycles. The lowest BCUT2D eigenvalue weighted by Gasteiger charge is -2.32. The van der Waals surface area contributed by atoms with Gasteiger partial charge in [-0.2, -0.15) is 5.10 Å². The van der Waals surface area contributed by atoms with Crippen molar-refractivity contribution in [3.63, 3.8) is 0 Å². The van der Waals surface area contributed by atoms with Gasteiger partial charge in [-0.05, 0) is 50.6 Å². The van der Waals surface area contributed by atoms with Gasteiger partial charge >= 0.3 is 5.69 Å². The van der Waals surface area contributed by atoms with Gasteiger partial charge in [-0.3, -0.25) is 14.5 Å². The van der Waals surface area contributed by atoms with Crippen LogP contribution in [0.1, 0.15) is 37.2 Å². The second kappa shape index (κ2) is 7.52. The maximum atomic E-state index is 12.2. The molecule has 1 saturated heterocycles. The normalized spacial score (nSPS) is 18.1. The SMILES string of the molecule is CCn1c([C@H]2CCCN(Cc3cccn3-c3cccnc3)C2)nn(C)c1=O. The van der Waals surface area contributed by atoms with Crippen LogP contribution in [0.25, 0.3) is 5.69 Å². The van der Waals surface area contributed by atoms with Crippen LogP contribution in [-0.2, 0) is 20.1 Å². The first-order valence-electron chi connectivity index (χ1n) is 9.60. The summed E-state index contributed by atoms with van der Waals surface area (Å²) in [7, 11) is 1.74. The van der Waals surface area contributed by atoms with Crippen LogP contribution in [0.15, 0.2) is 47.7 Å². The van der Waals surface area contributed by atoms with Gasteiger partial charge in [-0.15, -0.1) is 0 Å². The molecule has 0 spiro atoms. The Hall–Kier alpha value is -2.67. The Labute approximate surface area is 158 Å². The van der Waals surface area contributed by atoms with Crippen LogP contribution in [-0.4, -0.2) is 41.9 Å². The Morgan fingerprint density at radius 1 is 1.26 bits per heavy atom. The van der Waals surface area contributed by atoms with Crippen molar-refractivity contribution in [3.8, 4) is 5.69 Å². The van der Waals surface area contributed by atoms with Gasteiger partial charge in [-0.1, -0.05) is 0 Å². The predicted octanol–water partition coefficient (Wildman–Crippen LogP) is 2.17. The molecule has 3 aromatic heterocycles. The molecule has 142 valence electrons. The lowest BCUT2D eigenvalue weighted by Crippen LogP contribution is -2.36. The first kappa shape index (κ1) is 17.7. The Morgan fingerprint density at radius 3 is 2.93 bits per heavy atom. The van der Waals surface area contributed by atoms with Gasteiger partial charge in [0, 0.05) is 50.7 Å². The molecule has 0 radical (unpaired) electrons. The minimum atomic E-state index is -0.0184. The van der Waals surface area contributed by atoms with Crippen molar-refractivity contribution >= 4 is 0 Å². The van der Waals surface area contributed by atoms with Crippen molar-refractivity contribution in [2.45, 2.75) is 38.8 Å². The quantitative estimate of drug-likeness (QED) is 0.694. The molecule has 4 rings (SSSR count). The number of aryl methyl sites for hydroxylation is 1. The van der Waals surface area contributed by atoms with Crippen molar-refractivity contribution in [2.75, 3.05) is 13.1 Å². The van der Waals surface area contributed by atoms with E-state index in [1.54, 1.807) is 13.2 Å². The third-order valence-electron chi connectivity index (χ3n) is 5.37. The Bertz CT molecular complexity index is 955. The Kier molecular flexibility index (Phi) is 4.94. The molecular weight excluding hydrogens is 340 g/mol. The smallest absolute Gasteiger partial charge is 0.318 e. The van der Waals surface area contributed by atoms with Crippen LogP contribution in [0, 0.1) is 0 Å². The number of likely N-dealkylation sites (tertiary alicyclic amines) is 1. The summed E-state index contributed by atoms with van der Waals surface area (Å²) in [5.41, 5.74) is 2.31. The fraction of sp³-hybridized carbons (Fsp3) is 0.450. The summed E-state index contributed by atoms with van der Waals surface area (Å²) in [5, 5.41) is 4.53. The van der Waals surface area contributed by atoms with Crippen molar-refractivity contribution in [1.82, 2.24) is 28.8 Å². The fourth-order valence-corrected chi connectivity index (χ4v) is 4.05. The lowest BCUT2D eigenvalue weighted by atomic mass is 9.97. The van der Waals surface area contributed by atoms with E-state index < -0.39 is 0 Å². The summed E-state index contributed by atoms with van der Waals surface area (Å²) in [6.07, 6.45) is 7.96. The van der Waals surface area contributed by atoms with Crippen molar-refractivity contribution in [3.05, 3.63) is 64.9 Å². The second-order valence-electron chi connectivity index (χ2n) is 7.16. The van der Waals surface area contributed by atoms with Gasteiger partial charge in [0.1, 0.15) is 5.82 Å². The van der Waals surface area contributed by atoms with Crippen LogP contribution in [0.3, 0.4) is 0 Å². The van der Waals surface area contributed by atoms with E-state index in [-0.39, 0.29) is 5.69 Å². The predicted molar refractivity (Wildman–Crippen MR) is 104 cm³/mol. The molecule has 1 fully saturated rings. The van der Waals surface area contributed by atoms with Gasteiger partial charge in [0.05, 0.1) is 11.9 Å². The van der Waals surface area contributed by atoms with Gasteiger partial charge in [0.15, 0.2) is 0 Å². The minimum Gasteiger partial charge on any atom is -0.318 e. The summed E-state index contributed by atoms with van der Waals surface area (Å²) in [4.78, 5) is 18.9. The van der Waals surface area contributed by atoms with E-state index >= 15 is 0 Å². The molecule has 1 aliphatic heterocycles. The number of aromatic nitrogens is 5. The Morgan fingerprint density at radius 2 is 2.15 bits per heavy atom. The fourth-order valence-electron chi connectivity index (χ4n) is 4.05. The first-order valence-corrected chi connectivity index (χ1v) is 9.60. The van der Waals surface area contributed by atoms with Crippen molar-refractivity contribution in [1.29, 1.82) is 0 Å². The molecule has 0 aliphatic carbocycles. The van der Waals surface area contributed by atoms with Gasteiger partial charge < -0.3 is 4.57 Å². The van der Waals surface area contributed by atoms with Crippen LogP contribution in [0.5, 0.6) is 0 Å². The number of hydrogen-bond donors (Lipinski definition) is 0. The molecule has 27 heavy (non-hydrogen) atoms. The van der Waals surface area contributed by atoms with Crippen molar-refractivity contribution in [2.24, 2.45) is 7.05 Å². The largest absolute Gasteiger partial charge is 0.345 e. The van der Waals surface area contributed by atoms with E-state index in [0.717, 1.165) is 44.0 Å². The second-order valence-corrected chi connectivity index (χ2v) is 7.16. The zero-order valence-corrected chi connectivity index (χ0v) is 16.0. The molecule has 0 amide bonds. The molecule has 0 unspecified atom stereocenters. The third-order valence-corrected chi connectivity index (χ3v) is 5.37. The monoisotopic (exact) mass is 366 g/mol. The van der Waals surface area contributed by atoms with Gasteiger partial charge in [0.25, 0.3) is 0 Å². The summed E-state index contributed by atoms with van der Waals surface area (Å²) < 4.78 is 5.47. The van der Waals surface area contributed by atoms with Crippen molar-refractivity contribution < 1.29 is 0 Å². The standard InChI is InChI=1S/C20H26N6O/c1-3-25-19(22-23(2)20(25)27)16-7-5-11-24(14-16)15-18-9-6-12-26(18)17-8-4-10-21-13-17/h4,6,8-10,12-13,16H,3,5,7,11,14-15H2,1-2H3/t16-/m0/s1. The van der Waals surface area contributed by atoms with E-state index in [4.69, 9.17) is 0 Å². The van der Waals surface area contributed by atoms with E-state index in [2.05, 4.69) is 43.9 Å². The number of hydrogen-bond acceptors (Lipinski definition) is 4. The van der Waals surface area contributed by atoms with E-state index in [1.165, 1.54) is 10.4 Å². The van der Waals surface area contributed by atoms with Gasteiger partial charge in [0.2, 0.25) is 0 Å². The molecule has 4 heterocycles. The van der Waals surface area contributed by atoms with Crippen LogP contribution in [0.4, 0.5) is 0 Å². The van der Waals surface area contributed by atoms with Gasteiger partial charge in [-0.25, -0.2) is 9.48 Å². The molecule has 0 saturated carbocycles. The summed E-state index contributed by atoms with van der Waals surface area (Å²) in [5.74, 6) is 1.23. The topological polar surface area (TPSA) is 60.9 Å². The zero-order chi connectivity index (χ0) is 18.8. The van der Waals surface area contributed by atoms with Crippen LogP contribution in [0.2, 0.25) is 0 Å². The zero-order valence-electron chi connectivity index (χ0n) is 16.0. The van der Waals surface area contributed by atoms with E-state index in [0.29, 0.717) is 12.5 Å². The minimum absolute atomic E-state index is 0.0184. The van der Waals surface area contributed by atoms with E-state index in [1.807, 2.05) is 23.8 Å². The average Bonchev–Trinajstić information content (AvgIpc) is 3.27. The Balaban J connectivity index is 1.53. The molecule has 7 heteroatoms. The maximum Gasteiger partial charge on any atom is 0.345 e. The number of rotatable bonds is 5. The van der Waals surface area contributed by atoms with Crippen LogP contribution < -0.4 is 5.69 Å². The molecule has 0 N–H and O–H groups in total.